The molecule has 0 atom stereocenters. The second kappa shape index (κ2) is 6.05. The standard InChI is InChI=1S/C8H19NS/c1-5-6-7-9(10-4)8(2)3/h8H,5-7H2,1-4H3. The van der Waals surface area contributed by atoms with Crippen LogP contribution in [0.1, 0.15) is 33.6 Å². The molecule has 0 aliphatic carbocycles. The van der Waals surface area contributed by atoms with E-state index in [0.29, 0.717) is 6.04 Å². The highest BCUT2D eigenvalue weighted by molar-refractivity contribution is 7.96. The molecule has 0 unspecified atom stereocenters. The molecule has 0 fully saturated rings. The Labute approximate surface area is 69.3 Å². The highest BCUT2D eigenvalue weighted by Crippen LogP contribution is 2.11. The molecule has 0 saturated carbocycles. The van der Waals surface area contributed by atoms with Crippen molar-refractivity contribution in [3.05, 3.63) is 0 Å². The van der Waals surface area contributed by atoms with Crippen molar-refractivity contribution >= 4 is 11.9 Å². The lowest BCUT2D eigenvalue weighted by atomic mass is 10.3. The Morgan fingerprint density at radius 2 is 2.00 bits per heavy atom. The molecule has 0 aromatic rings. The Hall–Kier alpha value is 0.310. The van der Waals surface area contributed by atoms with Gasteiger partial charge in [-0.05, 0) is 26.5 Å². The molecule has 62 valence electrons. The maximum atomic E-state index is 2.42. The van der Waals surface area contributed by atoms with Crippen LogP contribution in [0.5, 0.6) is 0 Å². The lowest BCUT2D eigenvalue weighted by molar-refractivity contribution is 0.389. The Bertz CT molecular complexity index is 73.7. The third kappa shape index (κ3) is 4.18. The summed E-state index contributed by atoms with van der Waals surface area (Å²) in [6.45, 7) is 7.95. The van der Waals surface area contributed by atoms with Crippen molar-refractivity contribution in [1.29, 1.82) is 0 Å². The van der Waals surface area contributed by atoms with E-state index in [2.05, 4.69) is 31.3 Å². The molecule has 1 nitrogen and oxygen atoms in total. The smallest absolute Gasteiger partial charge is 0.0145 e. The van der Waals surface area contributed by atoms with Crippen LogP contribution in [0.2, 0.25) is 0 Å². The van der Waals surface area contributed by atoms with Crippen LogP contribution in [0.3, 0.4) is 0 Å². The summed E-state index contributed by atoms with van der Waals surface area (Å²) in [7, 11) is 0. The molecule has 0 aliphatic heterocycles. The van der Waals surface area contributed by atoms with Gasteiger partial charge in [-0.3, -0.25) is 0 Å². The van der Waals surface area contributed by atoms with Crippen molar-refractivity contribution in [2.45, 2.75) is 39.7 Å². The van der Waals surface area contributed by atoms with Crippen LogP contribution >= 0.6 is 11.9 Å². The minimum absolute atomic E-state index is 0.682. The van der Waals surface area contributed by atoms with E-state index < -0.39 is 0 Å². The fourth-order valence-corrected chi connectivity index (χ4v) is 1.61. The maximum absolute atomic E-state index is 2.42. The minimum Gasteiger partial charge on any atom is -0.248 e. The monoisotopic (exact) mass is 161 g/mol. The first-order chi connectivity index (χ1) is 4.72. The van der Waals surface area contributed by atoms with Crippen LogP contribution < -0.4 is 0 Å². The SMILES string of the molecule is CCCCN(SC)C(C)C. The van der Waals surface area contributed by atoms with E-state index in [0.717, 1.165) is 0 Å². The van der Waals surface area contributed by atoms with Gasteiger partial charge in [-0.25, -0.2) is 4.31 Å². The van der Waals surface area contributed by atoms with Gasteiger partial charge in [-0.2, -0.15) is 0 Å². The van der Waals surface area contributed by atoms with Gasteiger partial charge in [0.2, 0.25) is 0 Å². The van der Waals surface area contributed by atoms with Gasteiger partial charge in [0.05, 0.1) is 0 Å². The quantitative estimate of drug-likeness (QED) is 0.570. The zero-order valence-electron chi connectivity index (χ0n) is 7.55. The molecule has 0 rings (SSSR count). The molecule has 0 N–H and O–H groups in total. The van der Waals surface area contributed by atoms with Crippen molar-refractivity contribution in [2.75, 3.05) is 12.8 Å². The lowest BCUT2D eigenvalue weighted by Gasteiger charge is -2.22. The topological polar surface area (TPSA) is 3.24 Å². The van der Waals surface area contributed by atoms with E-state index >= 15 is 0 Å². The molecule has 0 aromatic carbocycles. The van der Waals surface area contributed by atoms with Crippen LogP contribution in [0, 0.1) is 0 Å². The van der Waals surface area contributed by atoms with Crippen LogP contribution in [0.25, 0.3) is 0 Å². The van der Waals surface area contributed by atoms with E-state index in [-0.39, 0.29) is 0 Å². The molecule has 0 amide bonds. The first kappa shape index (κ1) is 10.3. The van der Waals surface area contributed by atoms with E-state index in [9.17, 15) is 0 Å². The zero-order chi connectivity index (χ0) is 7.98. The summed E-state index contributed by atoms with van der Waals surface area (Å²) in [4.78, 5) is 0. The van der Waals surface area contributed by atoms with Crippen molar-refractivity contribution < 1.29 is 0 Å². The second-order valence-electron chi connectivity index (χ2n) is 2.77. The molecule has 0 radical (unpaired) electrons. The van der Waals surface area contributed by atoms with E-state index in [1.807, 2.05) is 11.9 Å². The molecule has 0 saturated heterocycles. The fourth-order valence-electron chi connectivity index (χ4n) is 0.874. The highest BCUT2D eigenvalue weighted by Gasteiger charge is 2.05. The summed E-state index contributed by atoms with van der Waals surface area (Å²) in [5.74, 6) is 0. The third-order valence-electron chi connectivity index (χ3n) is 1.54. The molecule has 0 heterocycles. The summed E-state index contributed by atoms with van der Waals surface area (Å²) in [5, 5.41) is 0. The number of unbranched alkanes of at least 4 members (excludes halogenated alkanes) is 1. The Kier molecular flexibility index (Phi) is 6.24. The molecule has 0 aromatic heterocycles. The van der Waals surface area contributed by atoms with Gasteiger partial charge < -0.3 is 0 Å². The van der Waals surface area contributed by atoms with Gasteiger partial charge in [0, 0.05) is 12.6 Å². The number of hydrogen-bond donors (Lipinski definition) is 0. The zero-order valence-corrected chi connectivity index (χ0v) is 8.37. The minimum atomic E-state index is 0.682. The second-order valence-corrected chi connectivity index (χ2v) is 3.60. The van der Waals surface area contributed by atoms with Gasteiger partial charge in [0.25, 0.3) is 0 Å². The molecule has 2 heteroatoms. The number of hydrogen-bond acceptors (Lipinski definition) is 2. The summed E-state index contributed by atoms with van der Waals surface area (Å²) >= 11 is 1.85. The molecule has 0 aliphatic rings. The van der Waals surface area contributed by atoms with Crippen molar-refractivity contribution in [1.82, 2.24) is 4.31 Å². The summed E-state index contributed by atoms with van der Waals surface area (Å²) < 4.78 is 2.42. The largest absolute Gasteiger partial charge is 0.248 e. The average molecular weight is 161 g/mol. The predicted molar refractivity (Wildman–Crippen MR) is 50.3 cm³/mol. The van der Waals surface area contributed by atoms with Crippen LogP contribution in [0.15, 0.2) is 0 Å². The predicted octanol–water partition coefficient (Wildman–Crippen LogP) is 2.77. The summed E-state index contributed by atoms with van der Waals surface area (Å²) in [6.07, 6.45) is 4.76. The molecular formula is C8H19NS. The van der Waals surface area contributed by atoms with Crippen molar-refractivity contribution in [3.63, 3.8) is 0 Å². The van der Waals surface area contributed by atoms with Gasteiger partial charge in [0.1, 0.15) is 0 Å². The van der Waals surface area contributed by atoms with Gasteiger partial charge >= 0.3 is 0 Å². The number of nitrogens with zero attached hydrogens (tertiary/aromatic N) is 1. The Balaban J connectivity index is 3.40. The summed E-state index contributed by atoms with van der Waals surface area (Å²) in [6, 6.07) is 0.682. The Morgan fingerprint density at radius 3 is 2.30 bits per heavy atom. The summed E-state index contributed by atoms with van der Waals surface area (Å²) in [5.41, 5.74) is 0. The van der Waals surface area contributed by atoms with E-state index in [1.54, 1.807) is 0 Å². The first-order valence-electron chi connectivity index (χ1n) is 4.03. The van der Waals surface area contributed by atoms with Crippen molar-refractivity contribution in [2.24, 2.45) is 0 Å². The van der Waals surface area contributed by atoms with Crippen LogP contribution in [-0.2, 0) is 0 Å². The van der Waals surface area contributed by atoms with Gasteiger partial charge in [0.15, 0.2) is 0 Å². The van der Waals surface area contributed by atoms with Crippen molar-refractivity contribution in [3.8, 4) is 0 Å². The van der Waals surface area contributed by atoms with Gasteiger partial charge in [-0.1, -0.05) is 25.3 Å². The van der Waals surface area contributed by atoms with Gasteiger partial charge in [-0.15, -0.1) is 0 Å². The van der Waals surface area contributed by atoms with E-state index in [4.69, 9.17) is 0 Å². The van der Waals surface area contributed by atoms with Crippen LogP contribution in [-0.4, -0.2) is 23.1 Å². The molecule has 10 heavy (non-hydrogen) atoms. The Morgan fingerprint density at radius 1 is 1.40 bits per heavy atom. The van der Waals surface area contributed by atoms with Crippen LogP contribution in [0.4, 0.5) is 0 Å². The fraction of sp³-hybridized carbons (Fsp3) is 1.00. The lowest BCUT2D eigenvalue weighted by Crippen LogP contribution is -2.24. The maximum Gasteiger partial charge on any atom is 0.0145 e. The third-order valence-corrected chi connectivity index (χ3v) is 2.62. The molecular weight excluding hydrogens is 142 g/mol. The first-order valence-corrected chi connectivity index (χ1v) is 5.21. The number of rotatable bonds is 5. The normalized spacial score (nSPS) is 11.4. The highest BCUT2D eigenvalue weighted by atomic mass is 32.2. The molecule has 0 bridgehead atoms. The average Bonchev–Trinajstić information content (AvgIpc) is 1.89. The molecule has 0 spiro atoms. The van der Waals surface area contributed by atoms with E-state index in [1.165, 1.54) is 19.4 Å².